The van der Waals surface area contributed by atoms with Gasteiger partial charge in [0, 0.05) is 33.5 Å². The predicted octanol–water partition coefficient (Wildman–Crippen LogP) is 13.8. The van der Waals surface area contributed by atoms with E-state index in [1.54, 1.807) is 0 Å². The van der Waals surface area contributed by atoms with Crippen molar-refractivity contribution in [3.63, 3.8) is 0 Å². The van der Waals surface area contributed by atoms with E-state index in [-0.39, 0.29) is 17.5 Å². The third-order valence-corrected chi connectivity index (χ3v) is 13.5. The Bertz CT molecular complexity index is 3250. The van der Waals surface area contributed by atoms with Gasteiger partial charge in [-0.15, -0.1) is 0 Å². The molecule has 3 heterocycles. The first kappa shape index (κ1) is 36.8. The van der Waals surface area contributed by atoms with E-state index in [1.165, 1.54) is 105 Å². The van der Waals surface area contributed by atoms with Crippen molar-refractivity contribution in [2.75, 3.05) is 9.80 Å². The number of para-hydroxylation sites is 4. The fourth-order valence-electron chi connectivity index (χ4n) is 10.8. The highest BCUT2D eigenvalue weighted by molar-refractivity contribution is 7.00. The molecule has 0 bridgehead atoms. The Morgan fingerprint density at radius 2 is 0.726 bits per heavy atom. The molecule has 2 aliphatic rings. The number of aromatic nitrogens is 1. The second-order valence-corrected chi connectivity index (χ2v) is 19.4. The zero-order chi connectivity index (χ0) is 42.1. The van der Waals surface area contributed by atoms with Gasteiger partial charge in [-0.25, -0.2) is 0 Å². The van der Waals surface area contributed by atoms with Crippen molar-refractivity contribution >= 4 is 101 Å². The maximum absolute atomic E-state index is 2.62. The molecule has 298 valence electrons. The lowest BCUT2D eigenvalue weighted by molar-refractivity contribution is 0.591. The first-order valence-electron chi connectivity index (χ1n) is 22.1. The molecule has 62 heavy (non-hydrogen) atoms. The van der Waals surface area contributed by atoms with Gasteiger partial charge in [0.15, 0.2) is 0 Å². The van der Waals surface area contributed by atoms with E-state index in [1.807, 2.05) is 0 Å². The Labute approximate surface area is 364 Å². The largest absolute Gasteiger partial charge is 0.311 e. The van der Waals surface area contributed by atoms with Crippen molar-refractivity contribution < 1.29 is 0 Å². The Kier molecular flexibility index (Phi) is 7.85. The zero-order valence-corrected chi connectivity index (χ0v) is 36.2. The molecule has 9 aromatic carbocycles. The predicted molar refractivity (Wildman–Crippen MR) is 267 cm³/mol. The third-order valence-electron chi connectivity index (χ3n) is 13.5. The molecule has 4 heteroatoms. The fourth-order valence-corrected chi connectivity index (χ4v) is 10.8. The van der Waals surface area contributed by atoms with Gasteiger partial charge < -0.3 is 14.4 Å². The summed E-state index contributed by atoms with van der Waals surface area (Å²) in [7, 11) is 0. The summed E-state index contributed by atoms with van der Waals surface area (Å²) in [6.07, 6.45) is 0. The van der Waals surface area contributed by atoms with Crippen LogP contribution in [0.25, 0.3) is 49.0 Å². The van der Waals surface area contributed by atoms with Crippen molar-refractivity contribution in [2.45, 2.75) is 52.4 Å². The van der Waals surface area contributed by atoms with Crippen LogP contribution in [0.3, 0.4) is 0 Å². The quantitative estimate of drug-likeness (QED) is 0.165. The van der Waals surface area contributed by atoms with Crippen molar-refractivity contribution in [3.05, 3.63) is 193 Å². The van der Waals surface area contributed by atoms with Crippen LogP contribution < -0.4 is 26.2 Å². The molecule has 0 aliphatic carbocycles. The van der Waals surface area contributed by atoms with Gasteiger partial charge in [-0.05, 0) is 121 Å². The lowest BCUT2D eigenvalue weighted by Crippen LogP contribution is -2.61. The van der Waals surface area contributed by atoms with Crippen LogP contribution in [0.1, 0.15) is 52.7 Å². The summed E-state index contributed by atoms with van der Waals surface area (Å²) in [5.74, 6) is 0. The van der Waals surface area contributed by atoms with E-state index in [4.69, 9.17) is 0 Å². The van der Waals surface area contributed by atoms with E-state index in [2.05, 4.69) is 238 Å². The highest BCUT2D eigenvalue weighted by atomic mass is 15.2. The molecule has 2 aliphatic heterocycles. The molecular formula is C58H48BN3. The Balaban J connectivity index is 1.27. The normalized spacial score (nSPS) is 13.5. The van der Waals surface area contributed by atoms with Crippen molar-refractivity contribution in [1.29, 1.82) is 0 Å². The van der Waals surface area contributed by atoms with Gasteiger partial charge in [0.05, 0.1) is 28.1 Å². The zero-order valence-electron chi connectivity index (χ0n) is 36.2. The molecule has 0 saturated carbocycles. The van der Waals surface area contributed by atoms with E-state index in [0.29, 0.717) is 0 Å². The van der Waals surface area contributed by atoms with Gasteiger partial charge in [0.2, 0.25) is 0 Å². The van der Waals surface area contributed by atoms with Gasteiger partial charge in [-0.1, -0.05) is 163 Å². The summed E-state index contributed by atoms with van der Waals surface area (Å²) in [6, 6.07) is 68.6. The third kappa shape index (κ3) is 5.39. The Morgan fingerprint density at radius 1 is 0.355 bits per heavy atom. The Morgan fingerprint density at radius 3 is 1.16 bits per heavy atom. The highest BCUT2D eigenvalue weighted by Gasteiger charge is 2.45. The molecule has 12 rings (SSSR count). The van der Waals surface area contributed by atoms with Crippen LogP contribution >= 0.6 is 0 Å². The van der Waals surface area contributed by atoms with E-state index >= 15 is 0 Å². The second kappa shape index (κ2) is 13.2. The van der Waals surface area contributed by atoms with Crippen LogP contribution in [-0.2, 0) is 10.8 Å². The Hall–Kier alpha value is -7.04. The minimum Gasteiger partial charge on any atom is -0.311 e. The smallest absolute Gasteiger partial charge is 0.252 e. The summed E-state index contributed by atoms with van der Waals surface area (Å²) in [6.45, 7) is 14.2. The number of rotatable bonds is 3. The average molecular weight is 798 g/mol. The second-order valence-electron chi connectivity index (χ2n) is 19.4. The molecule has 1 aromatic heterocycles. The maximum atomic E-state index is 2.62. The molecule has 10 aromatic rings. The van der Waals surface area contributed by atoms with Crippen LogP contribution in [-0.4, -0.2) is 11.3 Å². The summed E-state index contributed by atoms with van der Waals surface area (Å²) in [5, 5.41) is 7.51. The van der Waals surface area contributed by atoms with Crippen LogP contribution in [0, 0.1) is 0 Å². The SMILES string of the molecule is CC(C)(C)c1cc2ccccc2cc1N1c2ccccc2B2c3ccccc3N(c3cc4ccccc4cc3C(C)(C)C)c3cc(-n4c5ccccc5c5ccccc54)cc1c32. The average Bonchev–Trinajstić information content (AvgIpc) is 3.62. The van der Waals surface area contributed by atoms with Crippen molar-refractivity contribution in [1.82, 2.24) is 4.57 Å². The van der Waals surface area contributed by atoms with E-state index < -0.39 is 0 Å². The van der Waals surface area contributed by atoms with Gasteiger partial charge >= 0.3 is 0 Å². The molecule has 0 radical (unpaired) electrons. The molecule has 0 unspecified atom stereocenters. The molecule has 0 atom stereocenters. The molecule has 0 spiro atoms. The summed E-state index contributed by atoms with van der Waals surface area (Å²) in [5.41, 5.74) is 17.2. The summed E-state index contributed by atoms with van der Waals surface area (Å²) >= 11 is 0. The maximum Gasteiger partial charge on any atom is 0.252 e. The van der Waals surface area contributed by atoms with Crippen LogP contribution in [0.5, 0.6) is 0 Å². The first-order chi connectivity index (χ1) is 30.0. The van der Waals surface area contributed by atoms with Crippen LogP contribution in [0.4, 0.5) is 34.1 Å². The van der Waals surface area contributed by atoms with Crippen molar-refractivity contribution in [3.8, 4) is 5.69 Å². The molecule has 0 saturated heterocycles. The molecule has 0 N–H and O–H groups in total. The number of benzene rings is 9. The van der Waals surface area contributed by atoms with Gasteiger partial charge in [0.25, 0.3) is 6.71 Å². The standard InChI is InChI=1S/C58H48BN3/c1-57(2,3)44-31-37-19-7-9-21-39(37)33-52(44)61-50-29-17-13-25-46(50)59-47-26-14-18-30-51(47)62(53-34-40-22-10-8-20-38(40)32-45(53)58(4,5)6)55-36-41(35-54(61)56(55)59)60-48-27-15-11-23-42(48)43-24-12-16-28-49(43)60/h7-36H,1-6H3. The van der Waals surface area contributed by atoms with E-state index in [9.17, 15) is 0 Å². The van der Waals surface area contributed by atoms with Gasteiger partial charge in [-0.2, -0.15) is 0 Å². The van der Waals surface area contributed by atoms with E-state index in [0.717, 1.165) is 5.69 Å². The lowest BCUT2D eigenvalue weighted by Gasteiger charge is -2.46. The fraction of sp³-hybridized carbons (Fsp3) is 0.138. The number of anilines is 6. The minimum atomic E-state index is -0.138. The lowest BCUT2D eigenvalue weighted by atomic mass is 9.33. The molecule has 3 nitrogen and oxygen atoms in total. The number of fused-ring (bicyclic) bond motifs is 9. The molecule has 0 amide bonds. The number of hydrogen-bond acceptors (Lipinski definition) is 2. The topological polar surface area (TPSA) is 11.4 Å². The van der Waals surface area contributed by atoms with Gasteiger partial charge in [0.1, 0.15) is 0 Å². The highest BCUT2D eigenvalue weighted by Crippen LogP contribution is 2.50. The number of hydrogen-bond donors (Lipinski definition) is 0. The van der Waals surface area contributed by atoms with Crippen molar-refractivity contribution in [2.24, 2.45) is 0 Å². The minimum absolute atomic E-state index is 0.0178. The molecule has 0 fully saturated rings. The summed E-state index contributed by atoms with van der Waals surface area (Å²) < 4.78 is 2.50. The van der Waals surface area contributed by atoms with Crippen LogP contribution in [0.2, 0.25) is 0 Å². The molecular weight excluding hydrogens is 749 g/mol. The number of nitrogens with zero attached hydrogens (tertiary/aromatic N) is 3. The monoisotopic (exact) mass is 797 g/mol. The first-order valence-corrected chi connectivity index (χ1v) is 22.1. The van der Waals surface area contributed by atoms with Crippen LogP contribution in [0.15, 0.2) is 182 Å². The van der Waals surface area contributed by atoms with Gasteiger partial charge in [-0.3, -0.25) is 0 Å². The summed E-state index contributed by atoms with van der Waals surface area (Å²) in [4.78, 5) is 5.23.